The molecule has 2 saturated carbocycles. The van der Waals surface area contributed by atoms with Crippen molar-refractivity contribution in [3.8, 4) is 11.8 Å². The Morgan fingerprint density at radius 3 is 2.87 bits per heavy atom. The minimum atomic E-state index is -1.15. The lowest BCUT2D eigenvalue weighted by Gasteiger charge is -2.23. The predicted octanol–water partition coefficient (Wildman–Crippen LogP) is -0.375. The van der Waals surface area contributed by atoms with Crippen molar-refractivity contribution in [1.82, 2.24) is 29.8 Å². The highest BCUT2D eigenvalue weighted by atomic mass is 16.3. The summed E-state index contributed by atoms with van der Waals surface area (Å²) in [4.78, 5) is 28.8. The van der Waals surface area contributed by atoms with Gasteiger partial charge >= 0.3 is 0 Å². The normalized spacial score (nSPS) is 29.2. The zero-order chi connectivity index (χ0) is 21.0. The molecule has 10 heteroatoms. The van der Waals surface area contributed by atoms with Crippen molar-refractivity contribution in [2.45, 2.75) is 24.7 Å². The monoisotopic (exact) mass is 407 g/mol. The van der Waals surface area contributed by atoms with E-state index in [1.165, 1.54) is 7.05 Å². The minimum absolute atomic E-state index is 0.207. The third-order valence-electron chi connectivity index (χ3n) is 6.21. The van der Waals surface area contributed by atoms with Crippen LogP contribution < -0.4 is 10.6 Å². The first-order valence-electron chi connectivity index (χ1n) is 9.67. The number of carbonyl (C=O) groups excluding carboxylic acids is 1. The Balaban J connectivity index is 1.59. The molecule has 3 aromatic heterocycles. The Morgan fingerprint density at radius 2 is 2.17 bits per heavy atom. The topological polar surface area (TPSA) is 141 Å². The number of aliphatic hydroxyl groups is 2. The number of H-pyrrole nitrogens is 1. The number of hydrogen-bond donors (Lipinski definition) is 5. The van der Waals surface area contributed by atoms with Crippen molar-refractivity contribution >= 4 is 22.9 Å². The summed E-state index contributed by atoms with van der Waals surface area (Å²) in [7, 11) is 3.27. The number of fused-ring (bicyclic) bond motifs is 2. The van der Waals surface area contributed by atoms with Gasteiger partial charge in [0.15, 0.2) is 17.0 Å². The number of aromatic amines is 1. The van der Waals surface area contributed by atoms with Crippen molar-refractivity contribution < 1.29 is 15.0 Å². The molecule has 2 unspecified atom stereocenters. The summed E-state index contributed by atoms with van der Waals surface area (Å²) < 4.78 is 1.73. The minimum Gasteiger partial charge on any atom is -0.389 e. The second-order valence-corrected chi connectivity index (χ2v) is 7.66. The van der Waals surface area contributed by atoms with E-state index < -0.39 is 23.7 Å². The van der Waals surface area contributed by atoms with Gasteiger partial charge in [-0.15, -0.1) is 0 Å². The van der Waals surface area contributed by atoms with Crippen LogP contribution in [-0.4, -0.2) is 66.9 Å². The summed E-state index contributed by atoms with van der Waals surface area (Å²) >= 11 is 0. The maximum absolute atomic E-state index is 12.4. The van der Waals surface area contributed by atoms with Crippen LogP contribution in [0.4, 0.5) is 5.82 Å². The molecule has 10 nitrogen and oxygen atoms in total. The van der Waals surface area contributed by atoms with E-state index in [-0.39, 0.29) is 11.8 Å². The average Bonchev–Trinajstić information content (AvgIpc) is 3.06. The van der Waals surface area contributed by atoms with E-state index >= 15 is 0 Å². The fraction of sp³-hybridized carbons (Fsp3) is 0.400. The van der Waals surface area contributed by atoms with Crippen LogP contribution in [0.2, 0.25) is 0 Å². The Hall–Kier alpha value is -3.42. The number of nitrogens with one attached hydrogen (secondary N) is 3. The number of aromatic nitrogens is 5. The van der Waals surface area contributed by atoms with E-state index in [9.17, 15) is 15.0 Å². The Bertz CT molecular complexity index is 1190. The number of rotatable bonds is 3. The fourth-order valence-corrected chi connectivity index (χ4v) is 4.68. The van der Waals surface area contributed by atoms with Gasteiger partial charge in [-0.25, -0.2) is 15.0 Å². The molecule has 5 atom stereocenters. The van der Waals surface area contributed by atoms with E-state index in [4.69, 9.17) is 0 Å². The molecule has 0 aromatic carbocycles. The molecule has 5 rings (SSSR count). The summed E-state index contributed by atoms with van der Waals surface area (Å²) in [5.74, 6) is 6.25. The van der Waals surface area contributed by atoms with Gasteiger partial charge in [0, 0.05) is 26.2 Å². The zero-order valence-electron chi connectivity index (χ0n) is 16.4. The second kappa shape index (κ2) is 6.55. The third kappa shape index (κ3) is 2.46. The largest absolute Gasteiger partial charge is 0.389 e. The molecule has 3 heterocycles. The maximum Gasteiger partial charge on any atom is 0.229 e. The van der Waals surface area contributed by atoms with E-state index in [1.54, 1.807) is 24.1 Å². The standard InChI is InChI=1S/C20H21N7O3/c1-21-17-13-18(26-12(25-17)6-5-10-4-3-7-23-10)27(9-24-13)14-11-8-20(11,19(30)22-2)16(29)15(14)28/h3-4,7,9,11,14-16,23,28-29H,8H2,1-2H3,(H,22,30)(H,21,25,26)/t11?,14-,15+,16+,20?/m1/s1. The van der Waals surface area contributed by atoms with Crippen LogP contribution in [0.15, 0.2) is 24.7 Å². The summed E-state index contributed by atoms with van der Waals surface area (Å²) in [6.07, 6.45) is 1.59. The van der Waals surface area contributed by atoms with Crippen LogP contribution in [0.25, 0.3) is 11.2 Å². The van der Waals surface area contributed by atoms with Crippen LogP contribution in [-0.2, 0) is 4.79 Å². The first-order valence-corrected chi connectivity index (χ1v) is 9.67. The summed E-state index contributed by atoms with van der Waals surface area (Å²) in [5.41, 5.74) is 0.787. The molecule has 3 aromatic rings. The number of amides is 1. The quantitative estimate of drug-likeness (QED) is 0.373. The fourth-order valence-electron chi connectivity index (χ4n) is 4.68. The van der Waals surface area contributed by atoms with Gasteiger partial charge < -0.3 is 30.4 Å². The van der Waals surface area contributed by atoms with Gasteiger partial charge in [-0.1, -0.05) is 0 Å². The number of anilines is 1. The van der Waals surface area contributed by atoms with Gasteiger partial charge in [-0.05, 0) is 30.4 Å². The summed E-state index contributed by atoms with van der Waals surface area (Å²) in [6, 6.07) is 3.17. The van der Waals surface area contributed by atoms with Gasteiger partial charge in [0.2, 0.25) is 11.7 Å². The molecule has 0 saturated heterocycles. The molecule has 5 N–H and O–H groups in total. The molecule has 30 heavy (non-hydrogen) atoms. The van der Waals surface area contributed by atoms with Gasteiger partial charge in [-0.2, -0.15) is 0 Å². The van der Waals surface area contributed by atoms with Crippen LogP contribution in [0.1, 0.15) is 24.0 Å². The highest BCUT2D eigenvalue weighted by Crippen LogP contribution is 2.67. The van der Waals surface area contributed by atoms with E-state index in [0.717, 1.165) is 5.69 Å². The number of nitrogens with zero attached hydrogens (tertiary/aromatic N) is 4. The molecule has 0 radical (unpaired) electrons. The number of carbonyl (C=O) groups is 1. The van der Waals surface area contributed by atoms with Crippen LogP contribution >= 0.6 is 0 Å². The summed E-state index contributed by atoms with van der Waals surface area (Å²) in [6.45, 7) is 0. The predicted molar refractivity (Wildman–Crippen MR) is 107 cm³/mol. The van der Waals surface area contributed by atoms with Crippen LogP contribution in [0.3, 0.4) is 0 Å². The maximum atomic E-state index is 12.4. The lowest BCUT2D eigenvalue weighted by Crippen LogP contribution is -2.41. The van der Waals surface area contributed by atoms with E-state index in [2.05, 4.69) is 42.4 Å². The summed E-state index contributed by atoms with van der Waals surface area (Å²) in [5, 5.41) is 27.0. The zero-order valence-corrected chi connectivity index (χ0v) is 16.4. The molecular formula is C20H21N7O3. The Kier molecular flexibility index (Phi) is 4.06. The Labute approximate surface area is 171 Å². The number of imidazole rings is 1. The van der Waals surface area contributed by atoms with E-state index in [1.807, 2.05) is 12.1 Å². The third-order valence-corrected chi connectivity index (χ3v) is 6.21. The lowest BCUT2D eigenvalue weighted by atomic mass is 9.98. The molecular weight excluding hydrogens is 386 g/mol. The van der Waals surface area contributed by atoms with Crippen molar-refractivity contribution in [3.63, 3.8) is 0 Å². The van der Waals surface area contributed by atoms with Crippen molar-refractivity contribution in [2.75, 3.05) is 19.4 Å². The van der Waals surface area contributed by atoms with Gasteiger partial charge in [-0.3, -0.25) is 4.79 Å². The number of aliphatic hydroxyl groups excluding tert-OH is 2. The SMILES string of the molecule is CNC(=O)C12CC1[C@@H](n1cnc3c(NC)nc(C#Cc4ccc[nH]4)nc31)[C@H](O)[C@@H]2O. The molecule has 2 aliphatic rings. The molecule has 0 bridgehead atoms. The van der Waals surface area contributed by atoms with Gasteiger partial charge in [0.05, 0.1) is 29.6 Å². The molecule has 0 spiro atoms. The molecule has 2 fully saturated rings. The molecule has 154 valence electrons. The highest BCUT2D eigenvalue weighted by molar-refractivity contribution is 5.88. The first kappa shape index (κ1) is 18.6. The second-order valence-electron chi connectivity index (χ2n) is 7.66. The Morgan fingerprint density at radius 1 is 1.33 bits per heavy atom. The lowest BCUT2D eigenvalue weighted by molar-refractivity contribution is -0.132. The van der Waals surface area contributed by atoms with Crippen molar-refractivity contribution in [2.24, 2.45) is 11.3 Å². The average molecular weight is 407 g/mol. The van der Waals surface area contributed by atoms with E-state index in [0.29, 0.717) is 29.2 Å². The molecule has 2 aliphatic carbocycles. The van der Waals surface area contributed by atoms with Gasteiger partial charge in [0.1, 0.15) is 6.10 Å². The first-order chi connectivity index (χ1) is 14.5. The van der Waals surface area contributed by atoms with Gasteiger partial charge in [0.25, 0.3) is 0 Å². The van der Waals surface area contributed by atoms with Crippen LogP contribution in [0, 0.1) is 23.2 Å². The number of hydrogen-bond acceptors (Lipinski definition) is 7. The van der Waals surface area contributed by atoms with Crippen molar-refractivity contribution in [3.05, 3.63) is 36.2 Å². The van der Waals surface area contributed by atoms with Crippen molar-refractivity contribution in [1.29, 1.82) is 0 Å². The highest BCUT2D eigenvalue weighted by Gasteiger charge is 2.75. The molecule has 0 aliphatic heterocycles. The molecule has 1 amide bonds. The smallest absolute Gasteiger partial charge is 0.229 e. The van der Waals surface area contributed by atoms with Crippen LogP contribution in [0.5, 0.6) is 0 Å².